The van der Waals surface area contributed by atoms with Crippen LogP contribution in [0.5, 0.6) is 0 Å². The van der Waals surface area contributed by atoms with Crippen LogP contribution in [-0.2, 0) is 11.3 Å². The van der Waals surface area contributed by atoms with E-state index >= 15 is 0 Å². The second-order valence-corrected chi connectivity index (χ2v) is 8.47. The fraction of sp³-hybridized carbons (Fsp3) is 0.619. The third kappa shape index (κ3) is 3.50. The maximum Gasteiger partial charge on any atom is 0.329 e. The molecule has 1 aromatic carbocycles. The van der Waals surface area contributed by atoms with Crippen LogP contribution in [0.25, 0.3) is 0 Å². The number of benzene rings is 1. The first-order valence-corrected chi connectivity index (χ1v) is 9.87. The topological polar surface area (TPSA) is 53.9 Å². The predicted molar refractivity (Wildman–Crippen MR) is 102 cm³/mol. The van der Waals surface area contributed by atoms with Crippen LogP contribution < -0.4 is 10.2 Å². The molecule has 2 N–H and O–H groups in total. The van der Waals surface area contributed by atoms with Crippen molar-refractivity contribution in [3.63, 3.8) is 0 Å². The second-order valence-electron chi connectivity index (χ2n) is 8.47. The molecule has 26 heavy (non-hydrogen) atoms. The Hall–Kier alpha value is -1.88. The third-order valence-electron chi connectivity index (χ3n) is 6.08. The zero-order valence-corrected chi connectivity index (χ0v) is 16.5. The average molecular weight is 359 g/mol. The molecule has 1 saturated heterocycles. The van der Waals surface area contributed by atoms with Crippen molar-refractivity contribution in [3.05, 3.63) is 35.4 Å². The van der Waals surface area contributed by atoms with E-state index in [-0.39, 0.29) is 17.9 Å². The molecule has 1 aliphatic carbocycles. The van der Waals surface area contributed by atoms with Gasteiger partial charge in [-0.1, -0.05) is 57.9 Å². The molecule has 1 aromatic rings. The Balaban J connectivity index is 1.64. The van der Waals surface area contributed by atoms with Gasteiger partial charge in [0.15, 0.2) is 6.67 Å². The van der Waals surface area contributed by atoms with Crippen LogP contribution >= 0.6 is 0 Å². The Morgan fingerprint density at radius 2 is 1.92 bits per heavy atom. The van der Waals surface area contributed by atoms with E-state index in [1.807, 2.05) is 7.05 Å². The summed E-state index contributed by atoms with van der Waals surface area (Å²) in [4.78, 5) is 28.1. The molecule has 0 aromatic heterocycles. The summed E-state index contributed by atoms with van der Waals surface area (Å²) >= 11 is 0. The summed E-state index contributed by atoms with van der Waals surface area (Å²) in [6, 6.07) is 8.41. The summed E-state index contributed by atoms with van der Waals surface area (Å²) in [6.45, 7) is 7.66. The smallest absolute Gasteiger partial charge is 0.323 e. The van der Waals surface area contributed by atoms with Crippen LogP contribution in [0, 0.1) is 5.92 Å². The fourth-order valence-electron chi connectivity index (χ4n) is 4.33. The van der Waals surface area contributed by atoms with E-state index in [1.54, 1.807) is 0 Å². The van der Waals surface area contributed by atoms with Gasteiger partial charge in [-0.15, -0.1) is 0 Å². The normalized spacial score (nSPS) is 27.3. The Kier molecular flexibility index (Phi) is 5.37. The van der Waals surface area contributed by atoms with Crippen LogP contribution in [0.4, 0.5) is 4.79 Å². The van der Waals surface area contributed by atoms with E-state index in [1.165, 1.54) is 16.0 Å². The lowest BCUT2D eigenvalue weighted by Crippen LogP contribution is -3.09. The number of rotatable bonds is 5. The number of carbonyl (C=O) groups is 2. The molecule has 5 heteroatoms. The Bertz CT molecular complexity index is 670. The molecular weight excluding hydrogens is 326 g/mol. The van der Waals surface area contributed by atoms with Gasteiger partial charge in [0, 0.05) is 5.56 Å². The molecule has 5 nitrogen and oxygen atoms in total. The molecule has 1 saturated carbocycles. The Morgan fingerprint density at radius 3 is 2.54 bits per heavy atom. The quantitative estimate of drug-likeness (QED) is 0.794. The lowest BCUT2D eigenvalue weighted by atomic mass is 9.73. The van der Waals surface area contributed by atoms with Gasteiger partial charge in [-0.2, -0.15) is 0 Å². The largest absolute Gasteiger partial charge is 0.329 e. The van der Waals surface area contributed by atoms with Crippen molar-refractivity contribution < 1.29 is 14.5 Å². The summed E-state index contributed by atoms with van der Waals surface area (Å²) in [5.41, 5.74) is 1.89. The lowest BCUT2D eigenvalue weighted by Gasteiger charge is -2.36. The first kappa shape index (κ1) is 18.9. The maximum absolute atomic E-state index is 13.0. The molecule has 1 unspecified atom stereocenters. The van der Waals surface area contributed by atoms with Crippen molar-refractivity contribution in [3.8, 4) is 0 Å². The minimum atomic E-state index is -0.658. The number of hydrogen-bond acceptors (Lipinski definition) is 2. The summed E-state index contributed by atoms with van der Waals surface area (Å²) < 4.78 is 0. The molecule has 3 atom stereocenters. The van der Waals surface area contributed by atoms with Gasteiger partial charge < -0.3 is 10.2 Å². The Morgan fingerprint density at radius 1 is 1.23 bits per heavy atom. The van der Waals surface area contributed by atoms with Gasteiger partial charge in [0.25, 0.3) is 5.91 Å². The molecule has 0 bridgehead atoms. The summed E-state index contributed by atoms with van der Waals surface area (Å²) in [6.07, 6.45) is 3.92. The van der Waals surface area contributed by atoms with Crippen LogP contribution in [0.1, 0.15) is 63.5 Å². The van der Waals surface area contributed by atoms with Crippen molar-refractivity contribution in [1.29, 1.82) is 0 Å². The zero-order valence-electron chi connectivity index (χ0n) is 16.5. The first-order valence-electron chi connectivity index (χ1n) is 9.87. The van der Waals surface area contributed by atoms with Gasteiger partial charge in [0.1, 0.15) is 12.1 Å². The van der Waals surface area contributed by atoms with E-state index in [4.69, 9.17) is 0 Å². The minimum Gasteiger partial charge on any atom is -0.323 e. The van der Waals surface area contributed by atoms with Crippen LogP contribution in [0.15, 0.2) is 24.3 Å². The van der Waals surface area contributed by atoms with E-state index in [9.17, 15) is 9.59 Å². The van der Waals surface area contributed by atoms with E-state index in [2.05, 4.69) is 50.4 Å². The van der Waals surface area contributed by atoms with Crippen molar-refractivity contribution in [2.24, 2.45) is 5.92 Å². The number of urea groups is 1. The lowest BCUT2D eigenvalue weighted by molar-refractivity contribution is -0.901. The summed E-state index contributed by atoms with van der Waals surface area (Å²) in [7, 11) is 2.03. The molecule has 2 aliphatic rings. The molecular formula is C21H32N3O2+. The van der Waals surface area contributed by atoms with Crippen molar-refractivity contribution in [2.45, 2.75) is 64.5 Å². The minimum absolute atomic E-state index is 0.0239. The van der Waals surface area contributed by atoms with Gasteiger partial charge in [-0.05, 0) is 30.2 Å². The number of imide groups is 1. The summed E-state index contributed by atoms with van der Waals surface area (Å²) in [5, 5.41) is 3.03. The standard InChI is InChI=1S/C21H31N3O2/c1-15(2)18-10-8-17(9-11-18)13-23(4)14-24-19(25)21(22-20(24)26)12-6-5-7-16(21)3/h8-11,15-16H,5-7,12-14H2,1-4H3,(H,22,26)/p+1/t16-,21-/m0/s1. The maximum atomic E-state index is 13.0. The van der Waals surface area contributed by atoms with E-state index in [0.717, 1.165) is 37.1 Å². The van der Waals surface area contributed by atoms with Crippen LogP contribution in [0.2, 0.25) is 0 Å². The molecule has 0 radical (unpaired) electrons. The molecule has 142 valence electrons. The fourth-order valence-corrected chi connectivity index (χ4v) is 4.33. The van der Waals surface area contributed by atoms with Gasteiger partial charge in [-0.25, -0.2) is 9.69 Å². The number of hydrogen-bond donors (Lipinski definition) is 2. The highest BCUT2D eigenvalue weighted by molar-refractivity contribution is 6.07. The number of carbonyl (C=O) groups excluding carboxylic acids is 2. The zero-order chi connectivity index (χ0) is 18.9. The molecule has 3 amide bonds. The third-order valence-corrected chi connectivity index (χ3v) is 6.08. The predicted octanol–water partition coefficient (Wildman–Crippen LogP) is 2.28. The van der Waals surface area contributed by atoms with Gasteiger partial charge in [0.2, 0.25) is 0 Å². The highest BCUT2D eigenvalue weighted by atomic mass is 16.2. The first-order chi connectivity index (χ1) is 12.3. The summed E-state index contributed by atoms with van der Waals surface area (Å²) in [5.74, 6) is 0.708. The highest BCUT2D eigenvalue weighted by Crippen LogP contribution is 2.37. The molecule has 1 aliphatic heterocycles. The van der Waals surface area contributed by atoms with Crippen LogP contribution in [0.3, 0.4) is 0 Å². The van der Waals surface area contributed by atoms with Crippen molar-refractivity contribution in [2.75, 3.05) is 13.7 Å². The molecule has 3 rings (SSSR count). The number of quaternary nitrogens is 1. The molecule has 1 heterocycles. The number of nitrogens with one attached hydrogen (secondary N) is 2. The highest BCUT2D eigenvalue weighted by Gasteiger charge is 2.55. The van der Waals surface area contributed by atoms with Gasteiger partial charge in [0.05, 0.1) is 7.05 Å². The Labute approximate surface area is 156 Å². The monoisotopic (exact) mass is 358 g/mol. The van der Waals surface area contributed by atoms with Crippen LogP contribution in [-0.4, -0.2) is 36.1 Å². The SMILES string of the molecule is CC(C)c1ccc(C[NH+](C)CN2C(=O)N[C@]3(CCCC[C@@H]3C)C2=O)cc1. The number of amides is 3. The second kappa shape index (κ2) is 7.39. The van der Waals surface area contributed by atoms with Gasteiger partial charge >= 0.3 is 6.03 Å². The molecule has 1 spiro atoms. The van der Waals surface area contributed by atoms with Crippen molar-refractivity contribution in [1.82, 2.24) is 10.2 Å². The number of nitrogens with zero attached hydrogens (tertiary/aromatic N) is 1. The average Bonchev–Trinajstić information content (AvgIpc) is 2.83. The molecule has 2 fully saturated rings. The van der Waals surface area contributed by atoms with Gasteiger partial charge in [-0.3, -0.25) is 4.79 Å². The van der Waals surface area contributed by atoms with E-state index in [0.29, 0.717) is 12.6 Å². The van der Waals surface area contributed by atoms with Crippen molar-refractivity contribution >= 4 is 11.9 Å². The van der Waals surface area contributed by atoms with E-state index < -0.39 is 5.54 Å².